The van der Waals surface area contributed by atoms with Crippen LogP contribution in [0.1, 0.15) is 31.9 Å². The molecule has 3 rings (SSSR count). The number of carbonyl (C=O) groups is 2. The molecule has 1 fully saturated rings. The van der Waals surface area contributed by atoms with Gasteiger partial charge in [0.15, 0.2) is 5.17 Å². The van der Waals surface area contributed by atoms with Crippen LogP contribution in [0.2, 0.25) is 5.02 Å². The van der Waals surface area contributed by atoms with Crippen molar-refractivity contribution in [2.24, 2.45) is 4.99 Å². The highest BCUT2D eigenvalue weighted by atomic mass is 35.5. The zero-order valence-electron chi connectivity index (χ0n) is 15.4. The van der Waals surface area contributed by atoms with Gasteiger partial charge in [0.1, 0.15) is 6.61 Å². The number of nitrogens with zero attached hydrogens (tertiary/aromatic N) is 2. The summed E-state index contributed by atoms with van der Waals surface area (Å²) in [6, 6.07) is 6.56. The third kappa shape index (κ3) is 3.90. The van der Waals surface area contributed by atoms with Crippen LogP contribution in [0.3, 0.4) is 0 Å². The summed E-state index contributed by atoms with van der Waals surface area (Å²) in [5, 5.41) is 1.01. The summed E-state index contributed by atoms with van der Waals surface area (Å²) in [5.74, 6) is -0.541. The number of esters is 1. The zero-order valence-corrected chi connectivity index (χ0v) is 17.0. The molecule has 2 aliphatic heterocycles. The summed E-state index contributed by atoms with van der Waals surface area (Å²) in [6.45, 7) is 4.17. The van der Waals surface area contributed by atoms with Gasteiger partial charge in [-0.2, -0.15) is 0 Å². The van der Waals surface area contributed by atoms with Gasteiger partial charge < -0.3 is 9.47 Å². The number of benzene rings is 1. The van der Waals surface area contributed by atoms with Crippen molar-refractivity contribution in [3.05, 3.63) is 46.1 Å². The molecule has 0 bridgehead atoms. The van der Waals surface area contributed by atoms with Gasteiger partial charge in [-0.05, 0) is 31.0 Å². The molecule has 0 aromatic heterocycles. The largest absolute Gasteiger partial charge is 0.460 e. The van der Waals surface area contributed by atoms with Crippen molar-refractivity contribution < 1.29 is 19.1 Å². The summed E-state index contributed by atoms with van der Waals surface area (Å²) in [4.78, 5) is 31.9. The van der Waals surface area contributed by atoms with Gasteiger partial charge in [0, 0.05) is 12.1 Å². The van der Waals surface area contributed by atoms with Gasteiger partial charge in [-0.1, -0.05) is 42.4 Å². The van der Waals surface area contributed by atoms with E-state index in [4.69, 9.17) is 21.1 Å². The van der Waals surface area contributed by atoms with Crippen LogP contribution in [0.4, 0.5) is 0 Å². The summed E-state index contributed by atoms with van der Waals surface area (Å²) in [7, 11) is 1.54. The van der Waals surface area contributed by atoms with E-state index >= 15 is 0 Å². The molecule has 6 nitrogen and oxygen atoms in total. The fraction of sp³-hybridized carbons (Fsp3) is 0.421. The topological polar surface area (TPSA) is 68.2 Å². The van der Waals surface area contributed by atoms with Gasteiger partial charge in [0.2, 0.25) is 5.91 Å². The Morgan fingerprint density at radius 3 is 2.63 bits per heavy atom. The lowest BCUT2D eigenvalue weighted by Gasteiger charge is -2.33. The molecule has 8 heteroatoms. The van der Waals surface area contributed by atoms with Crippen molar-refractivity contribution >= 4 is 40.4 Å². The van der Waals surface area contributed by atoms with E-state index in [1.807, 2.05) is 19.1 Å². The van der Waals surface area contributed by atoms with E-state index < -0.39 is 12.0 Å². The maximum atomic E-state index is 13.0. The van der Waals surface area contributed by atoms with E-state index in [0.717, 1.165) is 5.56 Å². The Balaban J connectivity index is 2.03. The van der Waals surface area contributed by atoms with Crippen molar-refractivity contribution in [1.82, 2.24) is 4.90 Å². The number of fused-ring (bicyclic) bond motifs is 1. The van der Waals surface area contributed by atoms with Gasteiger partial charge in [-0.3, -0.25) is 9.69 Å². The highest BCUT2D eigenvalue weighted by Crippen LogP contribution is 2.44. The molecular weight excluding hydrogens is 388 g/mol. The van der Waals surface area contributed by atoms with E-state index in [9.17, 15) is 9.59 Å². The number of allylic oxidation sites excluding steroid dienone is 1. The molecule has 0 radical (unpaired) electrons. The lowest BCUT2D eigenvalue weighted by molar-refractivity contribution is -0.141. The molecule has 0 spiro atoms. The second-order valence-corrected chi connectivity index (χ2v) is 7.81. The smallest absolute Gasteiger partial charge is 0.338 e. The molecule has 1 amide bonds. The Bertz CT molecular complexity index is 806. The number of carbonyl (C=O) groups excluding carboxylic acids is 2. The lowest BCUT2D eigenvalue weighted by atomic mass is 9.94. The number of amidine groups is 1. The number of ether oxygens (including phenoxy) is 2. The van der Waals surface area contributed by atoms with Crippen LogP contribution < -0.4 is 0 Å². The molecule has 2 heterocycles. The molecule has 1 aromatic carbocycles. The molecule has 2 aliphatic rings. The SMILES string of the molecule is CCC1SC2=NC(C)=C(C(=O)OCCOC)C(c3ccc(Cl)cc3)N2C1=O. The Morgan fingerprint density at radius 1 is 1.30 bits per heavy atom. The number of halogens is 1. The van der Waals surface area contributed by atoms with Gasteiger partial charge in [0.25, 0.3) is 0 Å². The predicted octanol–water partition coefficient (Wildman–Crippen LogP) is 3.57. The highest BCUT2D eigenvalue weighted by Gasteiger charge is 2.47. The van der Waals surface area contributed by atoms with Gasteiger partial charge in [0.05, 0.1) is 29.2 Å². The van der Waals surface area contributed by atoms with Crippen LogP contribution in [0.25, 0.3) is 0 Å². The minimum Gasteiger partial charge on any atom is -0.460 e. The molecule has 2 unspecified atom stereocenters. The standard InChI is InChI=1S/C19H21ClN2O4S/c1-4-14-17(23)22-16(12-5-7-13(20)8-6-12)15(11(2)21-19(22)27-14)18(24)26-10-9-25-3/h5-8,14,16H,4,9-10H2,1-3H3. The monoisotopic (exact) mass is 408 g/mol. The third-order valence-electron chi connectivity index (χ3n) is 4.45. The minimum absolute atomic E-state index is 0.0455. The van der Waals surface area contributed by atoms with Crippen LogP contribution in [0.15, 0.2) is 40.5 Å². The van der Waals surface area contributed by atoms with Crippen LogP contribution in [-0.4, -0.2) is 47.5 Å². The van der Waals surface area contributed by atoms with E-state index in [1.54, 1.807) is 24.0 Å². The number of rotatable bonds is 6. The molecule has 1 aromatic rings. The number of hydrogen-bond acceptors (Lipinski definition) is 6. The van der Waals surface area contributed by atoms with E-state index in [-0.39, 0.29) is 17.8 Å². The molecule has 0 aliphatic carbocycles. The zero-order chi connectivity index (χ0) is 19.6. The number of methoxy groups -OCH3 is 1. The van der Waals surface area contributed by atoms with Gasteiger partial charge in [-0.25, -0.2) is 9.79 Å². The van der Waals surface area contributed by atoms with Crippen molar-refractivity contribution in [2.45, 2.75) is 31.6 Å². The quantitative estimate of drug-likeness (QED) is 0.531. The molecule has 27 heavy (non-hydrogen) atoms. The van der Waals surface area contributed by atoms with Gasteiger partial charge in [-0.15, -0.1) is 0 Å². The molecule has 1 saturated heterocycles. The van der Waals surface area contributed by atoms with E-state index in [2.05, 4.69) is 4.99 Å². The molecule has 2 atom stereocenters. The minimum atomic E-state index is -0.582. The Morgan fingerprint density at radius 2 is 2.00 bits per heavy atom. The summed E-state index contributed by atoms with van der Waals surface area (Å²) in [5.41, 5.74) is 1.71. The number of aliphatic imine (C=N–C) groups is 1. The average Bonchev–Trinajstić information content (AvgIpc) is 2.96. The fourth-order valence-electron chi connectivity index (χ4n) is 3.11. The van der Waals surface area contributed by atoms with Crippen molar-refractivity contribution in [3.8, 4) is 0 Å². The summed E-state index contributed by atoms with van der Waals surface area (Å²) >= 11 is 7.46. The van der Waals surface area contributed by atoms with Crippen LogP contribution >= 0.6 is 23.4 Å². The first-order chi connectivity index (χ1) is 13.0. The normalized spacial score (nSPS) is 22.0. The first kappa shape index (κ1) is 19.9. The third-order valence-corrected chi connectivity index (χ3v) is 6.02. The van der Waals surface area contributed by atoms with E-state index in [1.165, 1.54) is 18.9 Å². The van der Waals surface area contributed by atoms with Crippen LogP contribution in [0.5, 0.6) is 0 Å². The number of hydrogen-bond donors (Lipinski definition) is 0. The lowest BCUT2D eigenvalue weighted by Crippen LogP contribution is -2.40. The Kier molecular flexibility index (Phi) is 6.24. The predicted molar refractivity (Wildman–Crippen MR) is 106 cm³/mol. The summed E-state index contributed by atoms with van der Waals surface area (Å²) in [6.07, 6.45) is 0.693. The molecule has 144 valence electrons. The number of amides is 1. The Hall–Kier alpha value is -1.83. The second-order valence-electron chi connectivity index (χ2n) is 6.20. The van der Waals surface area contributed by atoms with Crippen molar-refractivity contribution in [3.63, 3.8) is 0 Å². The molecule has 0 saturated carbocycles. The summed E-state index contributed by atoms with van der Waals surface area (Å²) < 4.78 is 10.3. The van der Waals surface area contributed by atoms with Crippen molar-refractivity contribution in [2.75, 3.05) is 20.3 Å². The second kappa shape index (κ2) is 8.46. The fourth-order valence-corrected chi connectivity index (χ4v) is 4.37. The van der Waals surface area contributed by atoms with Crippen molar-refractivity contribution in [1.29, 1.82) is 0 Å². The average molecular weight is 409 g/mol. The van der Waals surface area contributed by atoms with Gasteiger partial charge >= 0.3 is 5.97 Å². The first-order valence-electron chi connectivity index (χ1n) is 8.68. The van der Waals surface area contributed by atoms with Crippen LogP contribution in [-0.2, 0) is 19.1 Å². The first-order valence-corrected chi connectivity index (χ1v) is 9.94. The maximum absolute atomic E-state index is 13.0. The van der Waals surface area contributed by atoms with E-state index in [0.29, 0.717) is 34.5 Å². The molecule has 0 N–H and O–H groups in total. The molecular formula is C19H21ClN2O4S. The Labute approximate surface area is 167 Å². The highest BCUT2D eigenvalue weighted by molar-refractivity contribution is 8.15. The van der Waals surface area contributed by atoms with Crippen LogP contribution in [0, 0.1) is 0 Å². The maximum Gasteiger partial charge on any atom is 0.338 e. The number of thioether (sulfide) groups is 1.